The number of carbonyl (C=O) groups excluding carboxylic acids is 5. The van der Waals surface area contributed by atoms with Crippen molar-refractivity contribution in [3.8, 4) is 0 Å². The summed E-state index contributed by atoms with van der Waals surface area (Å²) in [6.07, 6.45) is 5.24. The highest BCUT2D eigenvalue weighted by Gasteiger charge is 2.64. The van der Waals surface area contributed by atoms with Gasteiger partial charge in [0.2, 0.25) is 17.9 Å². The topological polar surface area (TPSA) is 176 Å². The van der Waals surface area contributed by atoms with Crippen molar-refractivity contribution in [1.82, 2.24) is 10.6 Å². The minimum absolute atomic E-state index is 0.0376. The van der Waals surface area contributed by atoms with Gasteiger partial charge in [-0.3, -0.25) is 9.59 Å². The molecule has 5 aliphatic rings. The van der Waals surface area contributed by atoms with Gasteiger partial charge < -0.3 is 39.4 Å². The Morgan fingerprint density at radius 3 is 2.40 bits per heavy atom. The molecule has 3 N–H and O–H groups in total. The third-order valence-corrected chi connectivity index (χ3v) is 9.36. The van der Waals surface area contributed by atoms with E-state index in [1.165, 1.54) is 6.08 Å². The molecule has 258 valence electrons. The van der Waals surface area contributed by atoms with E-state index in [-0.39, 0.29) is 62.5 Å². The van der Waals surface area contributed by atoms with Crippen LogP contribution in [0.25, 0.3) is 6.08 Å². The van der Waals surface area contributed by atoms with E-state index in [9.17, 15) is 24.0 Å². The molecule has 1 aromatic carbocycles. The number of amides is 2. The van der Waals surface area contributed by atoms with Crippen LogP contribution in [0.5, 0.6) is 0 Å². The Hall–Kier alpha value is -4.07. The van der Waals surface area contributed by atoms with E-state index in [4.69, 9.17) is 28.8 Å². The van der Waals surface area contributed by atoms with Gasteiger partial charge in [-0.05, 0) is 49.5 Å². The van der Waals surface area contributed by atoms with E-state index in [2.05, 4.69) is 10.6 Å². The summed E-state index contributed by atoms with van der Waals surface area (Å²) in [5.74, 6) is -3.01. The Balaban J connectivity index is 1.16. The van der Waals surface area contributed by atoms with Gasteiger partial charge in [0.25, 0.3) is 0 Å². The third-order valence-electron chi connectivity index (χ3n) is 9.36. The predicted octanol–water partition coefficient (Wildman–Crippen LogP) is 1.97. The second-order valence-corrected chi connectivity index (χ2v) is 13.7. The van der Waals surface area contributed by atoms with Crippen LogP contribution in [0, 0.1) is 17.3 Å². The van der Waals surface area contributed by atoms with Crippen molar-refractivity contribution >= 4 is 35.8 Å². The molecular formula is C35H42N2O11. The summed E-state index contributed by atoms with van der Waals surface area (Å²) < 4.78 is 29.7. The van der Waals surface area contributed by atoms with Crippen LogP contribution in [0.1, 0.15) is 68.3 Å². The van der Waals surface area contributed by atoms with Gasteiger partial charge in [0.1, 0.15) is 24.9 Å². The van der Waals surface area contributed by atoms with Crippen LogP contribution in [-0.4, -0.2) is 91.3 Å². The number of esters is 3. The van der Waals surface area contributed by atoms with Crippen molar-refractivity contribution in [2.45, 2.75) is 82.6 Å². The number of rotatable bonds is 13. The molecule has 4 fully saturated rings. The fourth-order valence-corrected chi connectivity index (χ4v) is 6.53. The molecule has 3 aliphatic carbocycles. The van der Waals surface area contributed by atoms with Crippen LogP contribution in [0.15, 0.2) is 42.0 Å². The highest BCUT2D eigenvalue weighted by Crippen LogP contribution is 2.59. The molecule has 2 aliphatic heterocycles. The van der Waals surface area contributed by atoms with Crippen molar-refractivity contribution in [1.29, 1.82) is 0 Å². The Kier molecular flexibility index (Phi) is 9.73. The Morgan fingerprint density at radius 1 is 1.00 bits per heavy atom. The number of cyclic esters (lactones) is 1. The van der Waals surface area contributed by atoms with Gasteiger partial charge in [-0.25, -0.2) is 14.4 Å². The van der Waals surface area contributed by atoms with E-state index in [1.807, 2.05) is 0 Å². The Morgan fingerprint density at radius 2 is 1.73 bits per heavy atom. The summed E-state index contributed by atoms with van der Waals surface area (Å²) in [5.41, 5.74) is 0.270. The fourth-order valence-electron chi connectivity index (χ4n) is 6.53. The number of fused-ring (bicyclic) bond motifs is 1. The summed E-state index contributed by atoms with van der Waals surface area (Å²) in [5, 5.41) is 14.2. The Bertz CT molecular complexity index is 1500. The summed E-state index contributed by atoms with van der Waals surface area (Å²) >= 11 is 0. The van der Waals surface area contributed by atoms with E-state index < -0.39 is 59.4 Å². The Labute approximate surface area is 278 Å². The lowest BCUT2D eigenvalue weighted by atomic mass is 9.90. The molecule has 13 heteroatoms. The quantitative estimate of drug-likeness (QED) is 0.159. The number of hydrogen-bond acceptors (Lipinski definition) is 11. The van der Waals surface area contributed by atoms with Gasteiger partial charge in [0.05, 0.1) is 12.2 Å². The van der Waals surface area contributed by atoms with Crippen LogP contribution in [0.3, 0.4) is 0 Å². The highest BCUT2D eigenvalue weighted by molar-refractivity contribution is 5.97. The molecular weight excluding hydrogens is 624 g/mol. The largest absolute Gasteiger partial charge is 0.462 e. The SMILES string of the molecule is CC1(C)COC(=O)[C@@H]1OC(=O)C=Cc1ccccc1C(=O)O[C@@H]1CC(C(=O)NCCC(=O)NCCO)=C[C@H]2OC(C3CC3)(C3CC3)O[C@H]21. The molecule has 4 atom stereocenters. The summed E-state index contributed by atoms with van der Waals surface area (Å²) in [6, 6.07) is 6.59. The first-order valence-corrected chi connectivity index (χ1v) is 16.6. The van der Waals surface area contributed by atoms with Gasteiger partial charge in [0.15, 0.2) is 5.79 Å². The minimum atomic E-state index is -1.04. The van der Waals surface area contributed by atoms with Crippen LogP contribution < -0.4 is 10.6 Å². The molecule has 2 saturated carbocycles. The zero-order valence-electron chi connectivity index (χ0n) is 27.1. The molecule has 0 aromatic heterocycles. The van der Waals surface area contributed by atoms with Crippen molar-refractivity contribution in [2.24, 2.45) is 17.3 Å². The van der Waals surface area contributed by atoms with Crippen LogP contribution in [0.4, 0.5) is 0 Å². The summed E-state index contributed by atoms with van der Waals surface area (Å²) in [7, 11) is 0. The van der Waals surface area contributed by atoms with Gasteiger partial charge in [-0.15, -0.1) is 0 Å². The number of nitrogens with one attached hydrogen (secondary N) is 2. The van der Waals surface area contributed by atoms with E-state index >= 15 is 0 Å². The monoisotopic (exact) mass is 666 g/mol. The summed E-state index contributed by atoms with van der Waals surface area (Å²) in [4.78, 5) is 63.6. The molecule has 0 unspecified atom stereocenters. The van der Waals surface area contributed by atoms with Gasteiger partial charge >= 0.3 is 17.9 Å². The highest BCUT2D eigenvalue weighted by atomic mass is 16.8. The number of hydrogen-bond donors (Lipinski definition) is 3. The van der Waals surface area contributed by atoms with Crippen molar-refractivity contribution in [3.05, 3.63) is 53.1 Å². The third kappa shape index (κ3) is 7.32. The maximum atomic E-state index is 13.7. The lowest BCUT2D eigenvalue weighted by Gasteiger charge is -2.31. The van der Waals surface area contributed by atoms with Crippen LogP contribution in [-0.2, 0) is 42.9 Å². The number of aliphatic hydroxyl groups excluding tert-OH is 1. The average Bonchev–Trinajstić information content (AvgIpc) is 4.01. The molecule has 2 heterocycles. The predicted molar refractivity (Wildman–Crippen MR) is 168 cm³/mol. The van der Waals surface area contributed by atoms with Gasteiger partial charge in [0, 0.05) is 54.8 Å². The lowest BCUT2D eigenvalue weighted by molar-refractivity contribution is -0.209. The first kappa shape index (κ1) is 33.8. The van der Waals surface area contributed by atoms with Crippen LogP contribution in [0.2, 0.25) is 0 Å². The van der Waals surface area contributed by atoms with Gasteiger partial charge in [-0.1, -0.05) is 32.0 Å². The van der Waals surface area contributed by atoms with Crippen molar-refractivity contribution in [3.63, 3.8) is 0 Å². The molecule has 13 nitrogen and oxygen atoms in total. The van der Waals surface area contributed by atoms with Crippen molar-refractivity contribution in [2.75, 3.05) is 26.3 Å². The van der Waals surface area contributed by atoms with Crippen LogP contribution >= 0.6 is 0 Å². The minimum Gasteiger partial charge on any atom is -0.462 e. The molecule has 0 radical (unpaired) electrons. The number of ether oxygens (including phenoxy) is 5. The molecule has 0 spiro atoms. The first-order valence-electron chi connectivity index (χ1n) is 16.6. The smallest absolute Gasteiger partial charge is 0.348 e. The van der Waals surface area contributed by atoms with E-state index in [0.717, 1.165) is 31.8 Å². The molecule has 2 amide bonds. The molecule has 2 saturated heterocycles. The number of carbonyl (C=O) groups is 5. The maximum Gasteiger partial charge on any atom is 0.348 e. The summed E-state index contributed by atoms with van der Waals surface area (Å²) in [6.45, 7) is 3.71. The average molecular weight is 667 g/mol. The zero-order chi connectivity index (χ0) is 34.1. The lowest BCUT2D eigenvalue weighted by Crippen LogP contribution is -2.44. The number of benzene rings is 1. The molecule has 48 heavy (non-hydrogen) atoms. The molecule has 1 aromatic rings. The standard InChI is InChI=1S/C35H42N2O11/c1-34(2)19-44-33(43)30(34)46-28(40)12-7-20-5-3-4-6-24(20)32(42)45-25-17-21(31(41)37-14-13-27(39)36-15-16-38)18-26-29(25)48-35(47-26,22-8-9-22)23-10-11-23/h3-7,12,18,22-23,25-26,29-30,38H,8-11,13-17,19H2,1-2H3,(H,36,39)(H,37,41)/t25-,26-,29+,30+/m1/s1. The first-order chi connectivity index (χ1) is 23.0. The van der Waals surface area contributed by atoms with Crippen molar-refractivity contribution < 1.29 is 52.8 Å². The maximum absolute atomic E-state index is 13.7. The molecule has 6 rings (SSSR count). The molecule has 0 bridgehead atoms. The number of aliphatic hydroxyl groups is 1. The zero-order valence-corrected chi connectivity index (χ0v) is 27.1. The second kappa shape index (κ2) is 13.8. The van der Waals surface area contributed by atoms with E-state index in [1.54, 1.807) is 44.2 Å². The van der Waals surface area contributed by atoms with Gasteiger partial charge in [-0.2, -0.15) is 0 Å². The van der Waals surface area contributed by atoms with E-state index in [0.29, 0.717) is 11.1 Å². The fraction of sp³-hybridized carbons (Fsp3) is 0.571. The normalized spacial score (nSPS) is 27.1. The second-order valence-electron chi connectivity index (χ2n) is 13.7.